The van der Waals surface area contributed by atoms with E-state index < -0.39 is 66.1 Å². The van der Waals surface area contributed by atoms with Crippen LogP contribution in [0, 0.1) is 0 Å². The molecule has 0 aliphatic carbocycles. The lowest BCUT2D eigenvalue weighted by Crippen LogP contribution is -2.57. The topological polar surface area (TPSA) is 301 Å². The van der Waals surface area contributed by atoms with Gasteiger partial charge in [-0.25, -0.2) is 4.79 Å². The Balaban J connectivity index is 5.67. The number of thioether (sulfide) groups is 1. The molecule has 0 aliphatic heterocycles. The van der Waals surface area contributed by atoms with Crippen LogP contribution < -0.4 is 44.6 Å². The lowest BCUT2D eigenvalue weighted by atomic mass is 10.1. The summed E-state index contributed by atoms with van der Waals surface area (Å²) in [6.07, 6.45) is 1.23. The summed E-state index contributed by atoms with van der Waals surface area (Å²) in [5, 5.41) is 16.3. The number of aliphatic carboxylic acids is 1. The number of nitrogens with one attached hydrogen (secondary N) is 3. The van der Waals surface area contributed by atoms with Gasteiger partial charge in [-0.3, -0.25) is 29.0 Å². The summed E-state index contributed by atoms with van der Waals surface area (Å²) in [7, 11) is 0. The van der Waals surface area contributed by atoms with Crippen molar-refractivity contribution in [1.82, 2.24) is 16.0 Å². The predicted octanol–water partition coefficient (Wildman–Crippen LogP) is -4.20. The van der Waals surface area contributed by atoms with E-state index in [1.165, 1.54) is 11.8 Å². The molecule has 0 rings (SSSR count). The van der Waals surface area contributed by atoms with E-state index in [9.17, 15) is 33.9 Å². The molecule has 0 aromatic heterocycles. The monoisotopic (exact) mass is 547 g/mol. The second-order valence-electron chi connectivity index (χ2n) is 8.03. The van der Waals surface area contributed by atoms with E-state index in [4.69, 9.17) is 28.7 Å². The first-order chi connectivity index (χ1) is 17.3. The largest absolute Gasteiger partial charge is 0.480 e. The highest BCUT2D eigenvalue weighted by Gasteiger charge is 2.31. The molecule has 0 saturated heterocycles. The number of nitrogens with zero attached hydrogens (tertiary/aromatic N) is 1. The molecule has 4 atom stereocenters. The average molecular weight is 548 g/mol. The van der Waals surface area contributed by atoms with Crippen LogP contribution >= 0.6 is 11.8 Å². The molecule has 0 heterocycles. The standard InChI is InChI=1S/C20H37N9O7S/c1-37-8-6-10(21)16(32)27-11(3-2-7-26-20(24)25)17(33)28-12(4-5-14(22)30)18(34)29-13(19(35)36)9-15(23)31/h10-13H,2-9,21H2,1H3,(H2,22,30)(H2,23,31)(H,27,32)(H,28,33)(H,29,34)(H,35,36)(H4,24,25,26). The highest BCUT2D eigenvalue weighted by atomic mass is 32.2. The maximum atomic E-state index is 13.1. The van der Waals surface area contributed by atoms with Crippen LogP contribution in [-0.2, 0) is 28.8 Å². The zero-order chi connectivity index (χ0) is 28.5. The fourth-order valence-electron chi connectivity index (χ4n) is 2.93. The van der Waals surface area contributed by atoms with Gasteiger partial charge in [-0.05, 0) is 37.7 Å². The Morgan fingerprint density at radius 1 is 0.811 bits per heavy atom. The third-order valence-corrected chi connectivity index (χ3v) is 5.52. The van der Waals surface area contributed by atoms with Crippen molar-refractivity contribution < 1.29 is 33.9 Å². The van der Waals surface area contributed by atoms with Crippen LogP contribution in [0.15, 0.2) is 4.99 Å². The quantitative estimate of drug-likeness (QED) is 0.0424. The molecule has 0 aliphatic rings. The van der Waals surface area contributed by atoms with Crippen molar-refractivity contribution >= 4 is 53.2 Å². The van der Waals surface area contributed by atoms with Gasteiger partial charge >= 0.3 is 5.97 Å². The number of rotatable bonds is 19. The fraction of sp³-hybridized carbons (Fsp3) is 0.650. The van der Waals surface area contributed by atoms with Crippen molar-refractivity contribution in [2.45, 2.75) is 62.7 Å². The zero-order valence-corrected chi connectivity index (χ0v) is 21.4. The normalized spacial score (nSPS) is 13.8. The number of primary amides is 2. The molecule has 0 spiro atoms. The van der Waals surface area contributed by atoms with Crippen LogP contribution in [0.2, 0.25) is 0 Å². The van der Waals surface area contributed by atoms with Crippen molar-refractivity contribution in [3.63, 3.8) is 0 Å². The number of aliphatic imine (C=N–C) groups is 1. The maximum absolute atomic E-state index is 13.1. The molecule has 0 fully saturated rings. The molecule has 0 aromatic carbocycles. The van der Waals surface area contributed by atoms with E-state index in [1.54, 1.807) is 0 Å². The lowest BCUT2D eigenvalue weighted by Gasteiger charge is -2.25. The summed E-state index contributed by atoms with van der Waals surface area (Å²) in [6.45, 7) is 0.152. The first kappa shape index (κ1) is 33.4. The number of amides is 5. The summed E-state index contributed by atoms with van der Waals surface area (Å²) >= 11 is 1.49. The molecule has 14 N–H and O–H groups in total. The SMILES string of the molecule is CSCCC(N)C(=O)NC(CCCN=C(N)N)C(=O)NC(CCC(N)=O)C(=O)NC(CC(N)=O)C(=O)O. The minimum Gasteiger partial charge on any atom is -0.480 e. The van der Waals surface area contributed by atoms with Gasteiger partial charge in [0.1, 0.15) is 18.1 Å². The molecule has 17 heteroatoms. The molecule has 16 nitrogen and oxygen atoms in total. The van der Waals surface area contributed by atoms with Crippen molar-refractivity contribution in [2.75, 3.05) is 18.6 Å². The number of carboxylic acids is 1. The minimum absolute atomic E-state index is 0.0627. The van der Waals surface area contributed by atoms with Crippen molar-refractivity contribution in [3.05, 3.63) is 0 Å². The van der Waals surface area contributed by atoms with Crippen molar-refractivity contribution in [2.24, 2.45) is 33.7 Å². The van der Waals surface area contributed by atoms with Crippen LogP contribution in [0.4, 0.5) is 0 Å². The minimum atomic E-state index is -1.66. The summed E-state index contributed by atoms with van der Waals surface area (Å²) in [5.41, 5.74) is 26.6. The molecule has 5 amide bonds. The fourth-order valence-corrected chi connectivity index (χ4v) is 3.42. The van der Waals surface area contributed by atoms with Gasteiger partial charge in [0, 0.05) is 13.0 Å². The van der Waals surface area contributed by atoms with E-state index in [0.29, 0.717) is 12.2 Å². The third kappa shape index (κ3) is 15.2. The van der Waals surface area contributed by atoms with Crippen molar-refractivity contribution in [1.29, 1.82) is 0 Å². The second-order valence-corrected chi connectivity index (χ2v) is 9.02. The van der Waals surface area contributed by atoms with Gasteiger partial charge < -0.3 is 49.7 Å². The van der Waals surface area contributed by atoms with E-state index >= 15 is 0 Å². The first-order valence-electron chi connectivity index (χ1n) is 11.3. The van der Waals surface area contributed by atoms with E-state index in [2.05, 4.69) is 20.9 Å². The molecule has 0 radical (unpaired) electrons. The van der Waals surface area contributed by atoms with Crippen LogP contribution in [0.3, 0.4) is 0 Å². The van der Waals surface area contributed by atoms with Crippen LogP contribution in [0.5, 0.6) is 0 Å². The highest BCUT2D eigenvalue weighted by molar-refractivity contribution is 7.98. The smallest absolute Gasteiger partial charge is 0.326 e. The molecule has 0 saturated carbocycles. The van der Waals surface area contributed by atoms with Gasteiger partial charge in [-0.1, -0.05) is 0 Å². The molecular formula is C20H37N9O7S. The molecule has 0 aromatic rings. The van der Waals surface area contributed by atoms with E-state index in [0.717, 1.165) is 0 Å². The Kier molecular flexibility index (Phi) is 16.0. The van der Waals surface area contributed by atoms with Gasteiger partial charge in [-0.15, -0.1) is 0 Å². The average Bonchev–Trinajstić information content (AvgIpc) is 2.80. The number of guanidine groups is 1. The summed E-state index contributed by atoms with van der Waals surface area (Å²) in [6, 6.07) is -5.13. The zero-order valence-electron chi connectivity index (χ0n) is 20.6. The molecular weight excluding hydrogens is 510 g/mol. The number of carboxylic acid groups (broad SMARTS) is 1. The summed E-state index contributed by atoms with van der Waals surface area (Å²) in [5.74, 6) is -5.23. The van der Waals surface area contributed by atoms with Crippen LogP contribution in [0.25, 0.3) is 0 Å². The number of hydrogen-bond acceptors (Lipinski definition) is 9. The Labute approximate surface area is 218 Å². The Morgan fingerprint density at radius 3 is 1.84 bits per heavy atom. The summed E-state index contributed by atoms with van der Waals surface area (Å²) < 4.78 is 0. The Bertz CT molecular complexity index is 852. The lowest BCUT2D eigenvalue weighted by molar-refractivity contribution is -0.144. The maximum Gasteiger partial charge on any atom is 0.326 e. The third-order valence-electron chi connectivity index (χ3n) is 4.88. The van der Waals surface area contributed by atoms with E-state index in [1.807, 2.05) is 6.26 Å². The number of hydrogen-bond donors (Lipinski definition) is 9. The molecule has 210 valence electrons. The summed E-state index contributed by atoms with van der Waals surface area (Å²) in [4.78, 5) is 75.9. The highest BCUT2D eigenvalue weighted by Crippen LogP contribution is 2.06. The van der Waals surface area contributed by atoms with Crippen molar-refractivity contribution in [3.8, 4) is 0 Å². The van der Waals surface area contributed by atoms with Gasteiger partial charge in [0.25, 0.3) is 0 Å². The predicted molar refractivity (Wildman–Crippen MR) is 137 cm³/mol. The molecule has 37 heavy (non-hydrogen) atoms. The van der Waals surface area contributed by atoms with Gasteiger partial charge in [0.05, 0.1) is 12.5 Å². The second kappa shape index (κ2) is 17.8. The van der Waals surface area contributed by atoms with E-state index in [-0.39, 0.29) is 38.2 Å². The van der Waals surface area contributed by atoms with Crippen LogP contribution in [-0.4, -0.2) is 89.3 Å². The Morgan fingerprint density at radius 2 is 1.35 bits per heavy atom. The number of carbonyl (C=O) groups is 6. The Hall–Kier alpha value is -3.60. The van der Waals surface area contributed by atoms with Gasteiger partial charge in [0.2, 0.25) is 29.5 Å². The first-order valence-corrected chi connectivity index (χ1v) is 12.7. The molecule has 0 bridgehead atoms. The van der Waals surface area contributed by atoms with Gasteiger partial charge in [-0.2, -0.15) is 11.8 Å². The number of nitrogens with two attached hydrogens (primary N) is 5. The number of carbonyl (C=O) groups excluding carboxylic acids is 5. The van der Waals surface area contributed by atoms with Gasteiger partial charge in [0.15, 0.2) is 5.96 Å². The van der Waals surface area contributed by atoms with Crippen LogP contribution in [0.1, 0.15) is 38.5 Å². The molecule has 4 unspecified atom stereocenters.